The first-order valence-electron chi connectivity index (χ1n) is 6.35. The highest BCUT2D eigenvalue weighted by Gasteiger charge is 2.23. The van der Waals surface area contributed by atoms with Gasteiger partial charge in [-0.1, -0.05) is 0 Å². The number of nitrogens with zero attached hydrogens (tertiary/aromatic N) is 3. The van der Waals surface area contributed by atoms with Crippen LogP contribution in [0.1, 0.15) is 29.1 Å². The van der Waals surface area contributed by atoms with Crippen LogP contribution in [0.15, 0.2) is 6.33 Å². The molecule has 0 saturated heterocycles. The summed E-state index contributed by atoms with van der Waals surface area (Å²) in [5, 5.41) is 9.89. The van der Waals surface area contributed by atoms with Crippen molar-refractivity contribution < 1.29 is 14.7 Å². The number of carbonyl (C=O) groups is 2. The van der Waals surface area contributed by atoms with Gasteiger partial charge in [0.05, 0.1) is 11.9 Å². The van der Waals surface area contributed by atoms with Crippen LogP contribution < -0.4 is 10.6 Å². The van der Waals surface area contributed by atoms with Crippen LogP contribution in [0.3, 0.4) is 0 Å². The van der Waals surface area contributed by atoms with E-state index in [0.717, 1.165) is 11.3 Å². The zero-order valence-corrected chi connectivity index (χ0v) is 12.8. The molecular formula is C13H16N4O3S. The Morgan fingerprint density at radius 1 is 1.43 bits per heavy atom. The Labute approximate surface area is 125 Å². The van der Waals surface area contributed by atoms with Crippen molar-refractivity contribution in [2.75, 3.05) is 11.4 Å². The van der Waals surface area contributed by atoms with Crippen molar-refractivity contribution in [3.8, 4) is 0 Å². The lowest BCUT2D eigenvalue weighted by Crippen LogP contribution is -2.39. The fourth-order valence-electron chi connectivity index (χ4n) is 2.14. The highest BCUT2D eigenvalue weighted by Crippen LogP contribution is 2.35. The van der Waals surface area contributed by atoms with Gasteiger partial charge in [0.25, 0.3) is 0 Å². The van der Waals surface area contributed by atoms with Gasteiger partial charge in [0.1, 0.15) is 21.9 Å². The van der Waals surface area contributed by atoms with E-state index < -0.39 is 11.9 Å². The molecular weight excluding hydrogens is 292 g/mol. The lowest BCUT2D eigenvalue weighted by molar-refractivity contribution is -0.116. The highest BCUT2D eigenvalue weighted by atomic mass is 32.1. The highest BCUT2D eigenvalue weighted by molar-refractivity contribution is 7.20. The monoisotopic (exact) mass is 308 g/mol. The van der Waals surface area contributed by atoms with E-state index in [4.69, 9.17) is 5.73 Å². The largest absolute Gasteiger partial charge is 0.477 e. The third kappa shape index (κ3) is 2.80. The van der Waals surface area contributed by atoms with E-state index in [1.165, 1.54) is 6.33 Å². The smallest absolute Gasteiger partial charge is 0.346 e. The molecule has 1 amide bonds. The fraction of sp³-hybridized carbons (Fsp3) is 0.385. The number of fused-ring (bicyclic) bond motifs is 1. The van der Waals surface area contributed by atoms with Crippen LogP contribution >= 0.6 is 11.3 Å². The topological polar surface area (TPSA) is 109 Å². The van der Waals surface area contributed by atoms with E-state index in [-0.39, 0.29) is 17.5 Å². The van der Waals surface area contributed by atoms with Gasteiger partial charge in [-0.3, -0.25) is 4.79 Å². The molecule has 21 heavy (non-hydrogen) atoms. The van der Waals surface area contributed by atoms with Crippen molar-refractivity contribution in [2.45, 2.75) is 26.8 Å². The van der Waals surface area contributed by atoms with E-state index >= 15 is 0 Å². The minimum Gasteiger partial charge on any atom is -0.477 e. The van der Waals surface area contributed by atoms with Gasteiger partial charge in [0.15, 0.2) is 0 Å². The molecule has 0 aromatic carbocycles. The van der Waals surface area contributed by atoms with E-state index in [9.17, 15) is 14.7 Å². The molecule has 0 bridgehead atoms. The molecule has 0 atom stereocenters. The number of hydrogen-bond acceptors (Lipinski definition) is 6. The van der Waals surface area contributed by atoms with Gasteiger partial charge in [-0.2, -0.15) is 0 Å². The minimum atomic E-state index is -0.993. The van der Waals surface area contributed by atoms with E-state index in [1.54, 1.807) is 11.8 Å². The Balaban J connectivity index is 2.67. The van der Waals surface area contributed by atoms with Crippen LogP contribution in [0.2, 0.25) is 0 Å². The molecule has 2 aromatic rings. The van der Waals surface area contributed by atoms with Gasteiger partial charge in [-0.15, -0.1) is 11.3 Å². The van der Waals surface area contributed by atoms with Crippen LogP contribution in [0.25, 0.3) is 10.2 Å². The molecule has 0 fully saturated rings. The molecule has 2 rings (SSSR count). The van der Waals surface area contributed by atoms with Gasteiger partial charge >= 0.3 is 5.97 Å². The number of amides is 1. The van der Waals surface area contributed by atoms with Gasteiger partial charge in [-0.05, 0) is 26.3 Å². The zero-order chi connectivity index (χ0) is 15.7. The SMILES string of the molecule is Cc1c(C(=O)O)sc2ncnc(N(CC(N)=O)C(C)C)c12. The maximum Gasteiger partial charge on any atom is 0.346 e. The summed E-state index contributed by atoms with van der Waals surface area (Å²) in [4.78, 5) is 33.5. The van der Waals surface area contributed by atoms with Crippen LogP contribution in [0, 0.1) is 6.92 Å². The van der Waals surface area contributed by atoms with Crippen molar-refractivity contribution in [3.05, 3.63) is 16.8 Å². The molecule has 112 valence electrons. The molecule has 0 spiro atoms. The number of carboxylic acid groups (broad SMARTS) is 1. The first-order chi connectivity index (χ1) is 9.82. The second-order valence-corrected chi connectivity index (χ2v) is 5.93. The van der Waals surface area contributed by atoms with Crippen LogP contribution in [0.5, 0.6) is 0 Å². The fourth-order valence-corrected chi connectivity index (χ4v) is 3.13. The van der Waals surface area contributed by atoms with Crippen molar-refractivity contribution in [1.82, 2.24) is 9.97 Å². The molecule has 3 N–H and O–H groups in total. The minimum absolute atomic E-state index is 0.0109. The molecule has 8 heteroatoms. The third-order valence-electron chi connectivity index (χ3n) is 3.12. The normalized spacial score (nSPS) is 11.0. The summed E-state index contributed by atoms with van der Waals surface area (Å²) < 4.78 is 0. The number of aromatic carboxylic acids is 1. The number of primary amides is 1. The number of hydrogen-bond donors (Lipinski definition) is 2. The number of anilines is 1. The summed E-state index contributed by atoms with van der Waals surface area (Å²) in [6.45, 7) is 5.56. The summed E-state index contributed by atoms with van der Waals surface area (Å²) in [5.41, 5.74) is 5.89. The second kappa shape index (κ2) is 5.65. The lowest BCUT2D eigenvalue weighted by Gasteiger charge is -2.27. The maximum absolute atomic E-state index is 11.3. The molecule has 7 nitrogen and oxygen atoms in total. The number of thiophene rings is 1. The molecule has 0 saturated carbocycles. The van der Waals surface area contributed by atoms with Crippen LogP contribution in [-0.2, 0) is 4.79 Å². The summed E-state index contributed by atoms with van der Waals surface area (Å²) in [5.74, 6) is -0.927. The Kier molecular flexibility index (Phi) is 4.08. The van der Waals surface area contributed by atoms with Crippen molar-refractivity contribution in [2.24, 2.45) is 5.73 Å². The zero-order valence-electron chi connectivity index (χ0n) is 12.0. The van der Waals surface area contributed by atoms with E-state index in [1.807, 2.05) is 13.8 Å². The Bertz CT molecular complexity index is 711. The summed E-state index contributed by atoms with van der Waals surface area (Å²) in [7, 11) is 0. The number of carboxylic acids is 1. The average Bonchev–Trinajstić information content (AvgIpc) is 2.73. The summed E-state index contributed by atoms with van der Waals surface area (Å²) in [6.07, 6.45) is 1.37. The van der Waals surface area contributed by atoms with Crippen molar-refractivity contribution in [3.63, 3.8) is 0 Å². The van der Waals surface area contributed by atoms with Gasteiger partial charge in [0.2, 0.25) is 5.91 Å². The van der Waals surface area contributed by atoms with Gasteiger partial charge in [-0.25, -0.2) is 14.8 Å². The molecule has 0 aliphatic carbocycles. The molecule has 0 radical (unpaired) electrons. The van der Waals surface area contributed by atoms with Gasteiger partial charge < -0.3 is 15.7 Å². The van der Waals surface area contributed by atoms with Gasteiger partial charge in [0, 0.05) is 6.04 Å². The van der Waals surface area contributed by atoms with Crippen molar-refractivity contribution >= 4 is 39.2 Å². The number of rotatable bonds is 5. The lowest BCUT2D eigenvalue weighted by atomic mass is 10.1. The summed E-state index contributed by atoms with van der Waals surface area (Å²) >= 11 is 1.10. The first kappa shape index (κ1) is 15.2. The second-order valence-electron chi connectivity index (χ2n) is 4.93. The predicted molar refractivity (Wildman–Crippen MR) is 80.8 cm³/mol. The molecule has 2 aromatic heterocycles. The standard InChI is InChI=1S/C13H16N4O3S/c1-6(2)17(4-8(14)18)11-9-7(3)10(13(19)20)21-12(9)16-5-15-11/h5-6H,4H2,1-3H3,(H2,14,18)(H,19,20). The number of aryl methyl sites for hydroxylation is 1. The molecule has 0 unspecified atom stereocenters. The number of carbonyl (C=O) groups excluding carboxylic acids is 1. The maximum atomic E-state index is 11.3. The average molecular weight is 308 g/mol. The molecule has 0 aliphatic rings. The third-order valence-corrected chi connectivity index (χ3v) is 4.31. The number of aromatic nitrogens is 2. The van der Waals surface area contributed by atoms with Crippen LogP contribution in [-0.4, -0.2) is 39.5 Å². The molecule has 0 aliphatic heterocycles. The quantitative estimate of drug-likeness (QED) is 0.864. The van der Waals surface area contributed by atoms with E-state index in [2.05, 4.69) is 9.97 Å². The van der Waals surface area contributed by atoms with Crippen LogP contribution in [0.4, 0.5) is 5.82 Å². The summed E-state index contributed by atoms with van der Waals surface area (Å²) in [6, 6.07) is -0.0109. The first-order valence-corrected chi connectivity index (χ1v) is 7.17. The Hall–Kier alpha value is -2.22. The Morgan fingerprint density at radius 2 is 2.10 bits per heavy atom. The predicted octanol–water partition coefficient (Wildman–Crippen LogP) is 1.40. The van der Waals surface area contributed by atoms with Crippen molar-refractivity contribution in [1.29, 1.82) is 0 Å². The van der Waals surface area contributed by atoms with E-state index in [0.29, 0.717) is 21.6 Å². The molecule has 2 heterocycles. The number of nitrogens with two attached hydrogens (primary N) is 1. The Morgan fingerprint density at radius 3 is 2.62 bits per heavy atom.